The molecule has 0 fully saturated rings. The fraction of sp³-hybridized carbons (Fsp3) is 0.333. The lowest BCUT2D eigenvalue weighted by molar-refractivity contribution is 0.643. The quantitative estimate of drug-likeness (QED) is 0.576. The number of halogens is 1. The highest BCUT2D eigenvalue weighted by Crippen LogP contribution is 2.37. The summed E-state index contributed by atoms with van der Waals surface area (Å²) < 4.78 is 0. The number of nitriles is 1. The molecule has 14 heavy (non-hydrogen) atoms. The summed E-state index contributed by atoms with van der Waals surface area (Å²) in [5.74, 6) is 0. The SMILES string of the molecule is Cc1sc(/N=C/N(C)C)c(C#N)c1Cl. The zero-order valence-corrected chi connectivity index (χ0v) is 9.78. The second-order valence-electron chi connectivity index (χ2n) is 2.97. The molecule has 0 bridgehead atoms. The summed E-state index contributed by atoms with van der Waals surface area (Å²) in [5, 5.41) is 10.0. The van der Waals surface area contributed by atoms with Crippen LogP contribution in [0.4, 0.5) is 5.00 Å². The molecule has 0 atom stereocenters. The van der Waals surface area contributed by atoms with Gasteiger partial charge in [-0.25, -0.2) is 4.99 Å². The number of hydrogen-bond donors (Lipinski definition) is 0. The molecule has 1 aromatic rings. The Labute approximate surface area is 92.2 Å². The van der Waals surface area contributed by atoms with E-state index >= 15 is 0 Å². The first-order valence-electron chi connectivity index (χ1n) is 3.96. The zero-order valence-electron chi connectivity index (χ0n) is 8.21. The summed E-state index contributed by atoms with van der Waals surface area (Å²) >= 11 is 7.36. The smallest absolute Gasteiger partial charge is 0.137 e. The lowest BCUT2D eigenvalue weighted by Crippen LogP contribution is -2.06. The van der Waals surface area contributed by atoms with Crippen LogP contribution in [-0.2, 0) is 0 Å². The van der Waals surface area contributed by atoms with Gasteiger partial charge in [0.15, 0.2) is 0 Å². The number of thiophene rings is 1. The predicted molar refractivity (Wildman–Crippen MR) is 60.6 cm³/mol. The van der Waals surface area contributed by atoms with E-state index in [-0.39, 0.29) is 0 Å². The van der Waals surface area contributed by atoms with Crippen LogP contribution in [0.25, 0.3) is 0 Å². The Morgan fingerprint density at radius 1 is 1.57 bits per heavy atom. The van der Waals surface area contributed by atoms with E-state index in [4.69, 9.17) is 16.9 Å². The molecule has 0 amide bonds. The third-order valence-corrected chi connectivity index (χ3v) is 3.11. The molecule has 0 aliphatic heterocycles. The average molecular weight is 228 g/mol. The summed E-state index contributed by atoms with van der Waals surface area (Å²) in [5.41, 5.74) is 0.465. The highest BCUT2D eigenvalue weighted by atomic mass is 35.5. The monoisotopic (exact) mass is 227 g/mol. The van der Waals surface area contributed by atoms with Gasteiger partial charge in [0.1, 0.15) is 16.6 Å². The molecule has 0 radical (unpaired) electrons. The van der Waals surface area contributed by atoms with Crippen LogP contribution in [0.1, 0.15) is 10.4 Å². The van der Waals surface area contributed by atoms with Crippen molar-refractivity contribution in [2.75, 3.05) is 14.1 Å². The molecule has 3 nitrogen and oxygen atoms in total. The van der Waals surface area contributed by atoms with Gasteiger partial charge in [0.05, 0.1) is 11.4 Å². The third kappa shape index (κ3) is 2.25. The van der Waals surface area contributed by atoms with Gasteiger partial charge < -0.3 is 4.90 Å². The van der Waals surface area contributed by atoms with Crippen molar-refractivity contribution >= 4 is 34.3 Å². The minimum atomic E-state index is 0.465. The molecule has 1 aromatic heterocycles. The highest BCUT2D eigenvalue weighted by Gasteiger charge is 2.12. The second-order valence-corrected chi connectivity index (χ2v) is 4.55. The molecule has 0 aliphatic rings. The molecular weight excluding hydrogens is 218 g/mol. The minimum absolute atomic E-state index is 0.465. The van der Waals surface area contributed by atoms with E-state index in [2.05, 4.69) is 11.1 Å². The summed E-state index contributed by atoms with van der Waals surface area (Å²) in [6.07, 6.45) is 1.66. The minimum Gasteiger partial charge on any atom is -0.369 e. The Bertz CT molecular complexity index is 401. The number of hydrogen-bond acceptors (Lipinski definition) is 3. The molecule has 0 spiro atoms. The molecule has 0 unspecified atom stereocenters. The van der Waals surface area contributed by atoms with Crippen LogP contribution >= 0.6 is 22.9 Å². The molecule has 0 aromatic carbocycles. The van der Waals surface area contributed by atoms with Crippen LogP contribution in [0.3, 0.4) is 0 Å². The number of aliphatic imine (C=N–C) groups is 1. The van der Waals surface area contributed by atoms with E-state index in [1.165, 1.54) is 11.3 Å². The maximum Gasteiger partial charge on any atom is 0.137 e. The van der Waals surface area contributed by atoms with Crippen molar-refractivity contribution in [3.8, 4) is 6.07 Å². The van der Waals surface area contributed by atoms with Crippen molar-refractivity contribution in [3.05, 3.63) is 15.5 Å². The maximum absolute atomic E-state index is 8.86. The lowest BCUT2D eigenvalue weighted by Gasteiger charge is -2.00. The number of nitrogens with zero attached hydrogens (tertiary/aromatic N) is 3. The van der Waals surface area contributed by atoms with Crippen molar-refractivity contribution < 1.29 is 0 Å². The third-order valence-electron chi connectivity index (χ3n) is 1.51. The predicted octanol–water partition coefficient (Wildman–Crippen LogP) is 2.80. The Hall–Kier alpha value is -1.05. The van der Waals surface area contributed by atoms with Crippen LogP contribution < -0.4 is 0 Å². The summed E-state index contributed by atoms with van der Waals surface area (Å²) in [6, 6.07) is 2.05. The van der Waals surface area contributed by atoms with Crippen LogP contribution in [0.2, 0.25) is 5.02 Å². The van der Waals surface area contributed by atoms with Crippen LogP contribution in [-0.4, -0.2) is 25.3 Å². The molecule has 0 saturated carbocycles. The maximum atomic E-state index is 8.86. The van der Waals surface area contributed by atoms with Gasteiger partial charge >= 0.3 is 0 Å². The summed E-state index contributed by atoms with van der Waals surface area (Å²) in [7, 11) is 3.75. The van der Waals surface area contributed by atoms with E-state index in [0.29, 0.717) is 15.6 Å². The molecular formula is C9H10ClN3S. The van der Waals surface area contributed by atoms with Gasteiger partial charge in [-0.15, -0.1) is 11.3 Å². The van der Waals surface area contributed by atoms with Gasteiger partial charge in [-0.1, -0.05) is 11.6 Å². The van der Waals surface area contributed by atoms with Gasteiger partial charge in [0.25, 0.3) is 0 Å². The second kappa shape index (κ2) is 4.45. The van der Waals surface area contributed by atoms with E-state index in [1.807, 2.05) is 25.9 Å². The van der Waals surface area contributed by atoms with Crippen LogP contribution in [0.15, 0.2) is 4.99 Å². The average Bonchev–Trinajstić information content (AvgIpc) is 2.39. The first kappa shape index (κ1) is 11.0. The molecule has 74 valence electrons. The topological polar surface area (TPSA) is 39.4 Å². The fourth-order valence-corrected chi connectivity index (χ4v) is 2.00. The van der Waals surface area contributed by atoms with Crippen molar-refractivity contribution in [1.82, 2.24) is 4.90 Å². The molecule has 5 heteroatoms. The molecule has 0 N–H and O–H groups in total. The first-order valence-corrected chi connectivity index (χ1v) is 5.15. The van der Waals surface area contributed by atoms with Crippen molar-refractivity contribution in [3.63, 3.8) is 0 Å². The fourth-order valence-electron chi connectivity index (χ4n) is 0.866. The Balaban J connectivity index is 3.11. The Morgan fingerprint density at radius 2 is 2.21 bits per heavy atom. The van der Waals surface area contributed by atoms with E-state index in [9.17, 15) is 0 Å². The first-order chi connectivity index (χ1) is 6.56. The Kier molecular flexibility index (Phi) is 3.50. The lowest BCUT2D eigenvalue weighted by atomic mass is 10.3. The summed E-state index contributed by atoms with van der Waals surface area (Å²) in [4.78, 5) is 6.91. The van der Waals surface area contributed by atoms with Gasteiger partial charge in [-0.05, 0) is 6.92 Å². The van der Waals surface area contributed by atoms with Gasteiger partial charge in [0.2, 0.25) is 0 Å². The largest absolute Gasteiger partial charge is 0.369 e. The number of aryl methyl sites for hydroxylation is 1. The van der Waals surface area contributed by atoms with Crippen molar-refractivity contribution in [2.45, 2.75) is 6.92 Å². The van der Waals surface area contributed by atoms with Gasteiger partial charge in [-0.2, -0.15) is 5.26 Å². The standard InChI is InChI=1S/C9H10ClN3S/c1-6-8(10)7(4-11)9(14-6)12-5-13(2)3/h5H,1-3H3/b12-5+. The van der Waals surface area contributed by atoms with Crippen LogP contribution in [0.5, 0.6) is 0 Å². The van der Waals surface area contributed by atoms with Crippen molar-refractivity contribution in [2.24, 2.45) is 4.99 Å². The molecule has 0 aliphatic carbocycles. The highest BCUT2D eigenvalue weighted by molar-refractivity contribution is 7.16. The molecule has 0 saturated heterocycles. The zero-order chi connectivity index (χ0) is 10.7. The van der Waals surface area contributed by atoms with Crippen molar-refractivity contribution in [1.29, 1.82) is 5.26 Å². The number of rotatable bonds is 2. The molecule has 1 rings (SSSR count). The Morgan fingerprint density at radius 3 is 2.71 bits per heavy atom. The van der Waals surface area contributed by atoms with E-state index in [0.717, 1.165) is 4.88 Å². The molecule has 1 heterocycles. The van der Waals surface area contributed by atoms with E-state index < -0.39 is 0 Å². The van der Waals surface area contributed by atoms with Crippen LogP contribution in [0, 0.1) is 18.3 Å². The van der Waals surface area contributed by atoms with Gasteiger partial charge in [0, 0.05) is 19.0 Å². The van der Waals surface area contributed by atoms with Gasteiger partial charge in [-0.3, -0.25) is 0 Å². The van der Waals surface area contributed by atoms with E-state index in [1.54, 1.807) is 6.34 Å². The normalized spacial score (nSPS) is 10.5. The summed E-state index contributed by atoms with van der Waals surface area (Å²) in [6.45, 7) is 1.88.